The van der Waals surface area contributed by atoms with E-state index in [1.165, 1.54) is 11.1 Å². The van der Waals surface area contributed by atoms with Crippen molar-refractivity contribution in [1.82, 2.24) is 0 Å². The minimum absolute atomic E-state index is 0.860. The normalized spacial score (nSPS) is 14.7. The molecule has 2 nitrogen and oxygen atoms in total. The van der Waals surface area contributed by atoms with Gasteiger partial charge in [-0.25, -0.2) is 0 Å². The van der Waals surface area contributed by atoms with Gasteiger partial charge >= 0.3 is 0 Å². The summed E-state index contributed by atoms with van der Waals surface area (Å²) < 4.78 is 2.04. The van der Waals surface area contributed by atoms with Crippen LogP contribution in [0.2, 0.25) is 0 Å². The number of rotatable bonds is 2. The van der Waals surface area contributed by atoms with E-state index < -0.39 is 0 Å². The number of nitrogens with zero attached hydrogens (tertiary/aromatic N) is 2. The van der Waals surface area contributed by atoms with Gasteiger partial charge in [0.2, 0.25) is 0 Å². The Hall–Kier alpha value is -1.31. The highest BCUT2D eigenvalue weighted by Crippen LogP contribution is 2.12. The maximum absolute atomic E-state index is 4.36. The average Bonchev–Trinajstić information content (AvgIpc) is 2.18. The molecule has 0 N–H and O–H groups in total. The van der Waals surface area contributed by atoms with Gasteiger partial charge in [-0.05, 0) is 11.6 Å². The van der Waals surface area contributed by atoms with Gasteiger partial charge in [0.25, 0.3) is 0 Å². The molecule has 2 rings (SSSR count). The standard InChI is InChI=1S/C11H14N2/c1-2-12-13-8-7-10-5-3-4-6-11(10)9-13/h3-6,9H,2,7-8H2,1H3. The number of fused-ring (bicyclic) bond motifs is 1. The third kappa shape index (κ3) is 1.72. The molecule has 0 aromatic heterocycles. The van der Waals surface area contributed by atoms with Gasteiger partial charge in [-0.15, -0.1) is 0 Å². The summed E-state index contributed by atoms with van der Waals surface area (Å²) in [5, 5.41) is 0. The molecule has 1 aromatic rings. The van der Waals surface area contributed by atoms with E-state index >= 15 is 0 Å². The number of hydrogen-bond donors (Lipinski definition) is 0. The van der Waals surface area contributed by atoms with Gasteiger partial charge in [0.05, 0.1) is 0 Å². The molecule has 13 heavy (non-hydrogen) atoms. The second kappa shape index (κ2) is 3.60. The third-order valence-electron chi connectivity index (χ3n) is 2.28. The van der Waals surface area contributed by atoms with Crippen LogP contribution >= 0.6 is 0 Å². The Labute approximate surface area is 78.9 Å². The van der Waals surface area contributed by atoms with E-state index in [1.807, 2.05) is 4.68 Å². The summed E-state index contributed by atoms with van der Waals surface area (Å²) in [7, 11) is 0. The molecule has 1 aliphatic heterocycles. The van der Waals surface area contributed by atoms with Crippen LogP contribution in [-0.4, -0.2) is 24.0 Å². The quantitative estimate of drug-likeness (QED) is 0.610. The summed E-state index contributed by atoms with van der Waals surface area (Å²) in [6.45, 7) is 3.94. The molecule has 1 aliphatic rings. The van der Waals surface area contributed by atoms with Crippen molar-refractivity contribution in [3.63, 3.8) is 0 Å². The molecule has 0 radical (unpaired) electrons. The molecule has 0 unspecified atom stereocenters. The van der Waals surface area contributed by atoms with E-state index in [4.69, 9.17) is 0 Å². The Kier molecular flexibility index (Phi) is 2.30. The fraction of sp³-hybridized carbons (Fsp3) is 0.364. The molecular weight excluding hydrogens is 160 g/mol. The van der Waals surface area contributed by atoms with Crippen molar-refractivity contribution >= 4 is 6.21 Å². The molecule has 0 saturated carbocycles. The maximum atomic E-state index is 4.36. The summed E-state index contributed by atoms with van der Waals surface area (Å²) in [4.78, 5) is 0. The molecule has 1 aromatic carbocycles. The van der Waals surface area contributed by atoms with Crippen molar-refractivity contribution < 1.29 is 4.68 Å². The van der Waals surface area contributed by atoms with Gasteiger partial charge in [0, 0.05) is 12.0 Å². The molecule has 2 heteroatoms. The summed E-state index contributed by atoms with van der Waals surface area (Å²) in [6.07, 6.45) is 3.23. The Morgan fingerprint density at radius 2 is 2.23 bits per heavy atom. The van der Waals surface area contributed by atoms with E-state index in [2.05, 4.69) is 42.8 Å². The van der Waals surface area contributed by atoms with Gasteiger partial charge in [-0.3, -0.25) is 4.68 Å². The lowest BCUT2D eigenvalue weighted by Crippen LogP contribution is -2.19. The number of benzene rings is 1. The fourth-order valence-electron chi connectivity index (χ4n) is 1.64. The van der Waals surface area contributed by atoms with Crippen molar-refractivity contribution in [3.8, 4) is 0 Å². The van der Waals surface area contributed by atoms with Crippen LogP contribution < -0.4 is 0 Å². The molecule has 1 heterocycles. The first-order valence-corrected chi connectivity index (χ1v) is 4.77. The lowest BCUT2D eigenvalue weighted by Gasteiger charge is -2.19. The first kappa shape index (κ1) is 8.30. The van der Waals surface area contributed by atoms with Crippen LogP contribution in [0.5, 0.6) is 0 Å². The van der Waals surface area contributed by atoms with Gasteiger partial charge < -0.3 is 5.43 Å². The predicted octanol–water partition coefficient (Wildman–Crippen LogP) is 1.98. The van der Waals surface area contributed by atoms with Gasteiger partial charge in [0.1, 0.15) is 6.54 Å². The molecule has 0 bridgehead atoms. The maximum Gasteiger partial charge on any atom is 0.166 e. The molecule has 0 aliphatic carbocycles. The first-order valence-electron chi connectivity index (χ1n) is 4.77. The van der Waals surface area contributed by atoms with Crippen molar-refractivity contribution in [1.29, 1.82) is 0 Å². The predicted molar refractivity (Wildman–Crippen MR) is 54.3 cm³/mol. The van der Waals surface area contributed by atoms with Gasteiger partial charge in [-0.2, -0.15) is 0 Å². The molecular formula is C11H14N2. The van der Waals surface area contributed by atoms with E-state index in [1.54, 1.807) is 0 Å². The van der Waals surface area contributed by atoms with Crippen molar-refractivity contribution in [2.45, 2.75) is 13.3 Å². The van der Waals surface area contributed by atoms with Crippen LogP contribution in [0.25, 0.3) is 5.43 Å². The lowest BCUT2D eigenvalue weighted by molar-refractivity contribution is -0.474. The van der Waals surface area contributed by atoms with Crippen LogP contribution in [0, 0.1) is 0 Å². The molecule has 68 valence electrons. The van der Waals surface area contributed by atoms with Crippen LogP contribution in [0.1, 0.15) is 18.1 Å². The Morgan fingerprint density at radius 1 is 1.38 bits per heavy atom. The van der Waals surface area contributed by atoms with Crippen LogP contribution in [0.3, 0.4) is 0 Å². The monoisotopic (exact) mass is 174 g/mol. The van der Waals surface area contributed by atoms with E-state index in [0.29, 0.717) is 0 Å². The second-order valence-corrected chi connectivity index (χ2v) is 3.20. The molecule has 0 atom stereocenters. The van der Waals surface area contributed by atoms with E-state index in [-0.39, 0.29) is 0 Å². The third-order valence-corrected chi connectivity index (χ3v) is 2.28. The highest BCUT2D eigenvalue weighted by molar-refractivity contribution is 5.78. The molecule has 0 spiro atoms. The van der Waals surface area contributed by atoms with Crippen LogP contribution in [-0.2, 0) is 6.42 Å². The van der Waals surface area contributed by atoms with Crippen molar-refractivity contribution in [2.24, 2.45) is 0 Å². The summed E-state index contributed by atoms with van der Waals surface area (Å²) in [6, 6.07) is 8.51. The minimum Gasteiger partial charge on any atom is -0.441 e. The molecule has 0 amide bonds. The van der Waals surface area contributed by atoms with Gasteiger partial charge in [-0.1, -0.05) is 31.7 Å². The highest BCUT2D eigenvalue weighted by atomic mass is 15.4. The Bertz CT molecular complexity index is 329. The molecule has 0 saturated heterocycles. The van der Waals surface area contributed by atoms with Crippen molar-refractivity contribution in [3.05, 3.63) is 40.8 Å². The largest absolute Gasteiger partial charge is 0.441 e. The first-order chi connectivity index (χ1) is 6.40. The summed E-state index contributed by atoms with van der Waals surface area (Å²) >= 11 is 0. The Morgan fingerprint density at radius 3 is 3.08 bits per heavy atom. The zero-order chi connectivity index (χ0) is 9.10. The minimum atomic E-state index is 0.860. The zero-order valence-corrected chi connectivity index (χ0v) is 7.90. The smallest absolute Gasteiger partial charge is 0.166 e. The average molecular weight is 174 g/mol. The fourth-order valence-corrected chi connectivity index (χ4v) is 1.64. The topological polar surface area (TPSA) is 17.1 Å². The molecule has 0 fully saturated rings. The van der Waals surface area contributed by atoms with Gasteiger partial charge in [0.15, 0.2) is 6.21 Å². The summed E-state index contributed by atoms with van der Waals surface area (Å²) in [5.41, 5.74) is 7.11. The zero-order valence-electron chi connectivity index (χ0n) is 7.90. The second-order valence-electron chi connectivity index (χ2n) is 3.20. The van der Waals surface area contributed by atoms with Crippen LogP contribution in [0.4, 0.5) is 0 Å². The summed E-state index contributed by atoms with van der Waals surface area (Å²) in [5.74, 6) is 0. The van der Waals surface area contributed by atoms with E-state index in [9.17, 15) is 0 Å². The Balaban J connectivity index is 2.28. The van der Waals surface area contributed by atoms with E-state index in [0.717, 1.165) is 19.5 Å². The lowest BCUT2D eigenvalue weighted by atomic mass is 10.0. The SMILES string of the molecule is CC[N-][N+]1=Cc2ccccc2CC1. The number of hydrogen-bond acceptors (Lipinski definition) is 0. The highest BCUT2D eigenvalue weighted by Gasteiger charge is 2.09. The van der Waals surface area contributed by atoms with Crippen molar-refractivity contribution in [2.75, 3.05) is 13.1 Å². The van der Waals surface area contributed by atoms with Crippen LogP contribution in [0.15, 0.2) is 24.3 Å².